The fourth-order valence-corrected chi connectivity index (χ4v) is 2.96. The molecular formula is C21H21F3N2O3. The molecule has 1 heterocycles. The van der Waals surface area contributed by atoms with Crippen LogP contribution >= 0.6 is 0 Å². The number of methoxy groups -OCH3 is 1. The van der Waals surface area contributed by atoms with E-state index in [1.54, 1.807) is 37.5 Å². The van der Waals surface area contributed by atoms with Gasteiger partial charge in [0, 0.05) is 24.2 Å². The van der Waals surface area contributed by atoms with Gasteiger partial charge in [-0.1, -0.05) is 6.07 Å². The summed E-state index contributed by atoms with van der Waals surface area (Å²) in [6.07, 6.45) is -3.61. The molecule has 0 bridgehead atoms. The summed E-state index contributed by atoms with van der Waals surface area (Å²) in [4.78, 5) is 12.2. The summed E-state index contributed by atoms with van der Waals surface area (Å²) >= 11 is 0. The monoisotopic (exact) mass is 406 g/mol. The summed E-state index contributed by atoms with van der Waals surface area (Å²) in [5.74, 6) is -0.791. The van der Waals surface area contributed by atoms with Gasteiger partial charge in [-0.05, 0) is 56.7 Å². The minimum Gasteiger partial charge on any atom is -0.456 e. The number of benzene rings is 1. The molecule has 29 heavy (non-hydrogen) atoms. The number of nitrogens with zero attached hydrogens (tertiary/aromatic N) is 2. The third-order valence-electron chi connectivity index (χ3n) is 4.25. The molecule has 2 aromatic rings. The smallest absolute Gasteiger partial charge is 0.416 e. The summed E-state index contributed by atoms with van der Waals surface area (Å²) in [5, 5.41) is 9.33. The van der Waals surface area contributed by atoms with Crippen LogP contribution in [-0.2, 0) is 20.4 Å². The number of hydrogen-bond acceptors (Lipinski definition) is 4. The summed E-state index contributed by atoms with van der Waals surface area (Å²) in [6.45, 7) is 5.26. The zero-order valence-electron chi connectivity index (χ0n) is 16.5. The van der Waals surface area contributed by atoms with Crippen molar-refractivity contribution in [2.24, 2.45) is 0 Å². The van der Waals surface area contributed by atoms with Crippen LogP contribution in [0.15, 0.2) is 35.9 Å². The van der Waals surface area contributed by atoms with Gasteiger partial charge in [-0.2, -0.15) is 18.4 Å². The molecule has 0 radical (unpaired) electrons. The number of alkyl halides is 3. The van der Waals surface area contributed by atoms with Gasteiger partial charge in [0.15, 0.2) is 0 Å². The van der Waals surface area contributed by atoms with Gasteiger partial charge in [0.25, 0.3) is 0 Å². The average molecular weight is 406 g/mol. The summed E-state index contributed by atoms with van der Waals surface area (Å²) in [7, 11) is 1.47. The zero-order chi connectivity index (χ0) is 21.8. The Balaban J connectivity index is 2.42. The number of aromatic nitrogens is 1. The number of aryl methyl sites for hydroxylation is 1. The number of hydrogen-bond donors (Lipinski definition) is 0. The van der Waals surface area contributed by atoms with E-state index < -0.39 is 23.8 Å². The molecule has 8 heteroatoms. The minimum atomic E-state index is -4.45. The van der Waals surface area contributed by atoms with E-state index in [1.165, 1.54) is 19.3 Å². The molecule has 0 aliphatic rings. The predicted molar refractivity (Wildman–Crippen MR) is 101 cm³/mol. The number of nitriles is 1. The summed E-state index contributed by atoms with van der Waals surface area (Å²) in [5.41, 5.74) is 1.15. The third kappa shape index (κ3) is 5.27. The van der Waals surface area contributed by atoms with Gasteiger partial charge < -0.3 is 14.0 Å². The quantitative estimate of drug-likeness (QED) is 0.400. The van der Waals surface area contributed by atoms with E-state index in [9.17, 15) is 23.2 Å². The number of halogens is 3. The highest BCUT2D eigenvalue weighted by atomic mass is 19.4. The molecule has 0 unspecified atom stereocenters. The highest BCUT2D eigenvalue weighted by Gasteiger charge is 2.30. The molecule has 0 amide bonds. The first-order valence-electron chi connectivity index (χ1n) is 8.76. The topological polar surface area (TPSA) is 64.2 Å². The second kappa shape index (κ2) is 8.97. The first-order valence-corrected chi connectivity index (χ1v) is 8.76. The van der Waals surface area contributed by atoms with Gasteiger partial charge in [-0.25, -0.2) is 4.79 Å². The highest BCUT2D eigenvalue weighted by molar-refractivity contribution is 5.98. The zero-order valence-corrected chi connectivity index (χ0v) is 16.5. The number of carbonyl (C=O) groups is 1. The maximum atomic E-state index is 13.0. The van der Waals surface area contributed by atoms with Crippen molar-refractivity contribution in [3.63, 3.8) is 0 Å². The lowest BCUT2D eigenvalue weighted by Gasteiger charge is -2.13. The van der Waals surface area contributed by atoms with E-state index in [4.69, 9.17) is 9.47 Å². The molecule has 0 saturated carbocycles. The van der Waals surface area contributed by atoms with Crippen molar-refractivity contribution in [2.45, 2.75) is 33.1 Å². The van der Waals surface area contributed by atoms with E-state index in [-0.39, 0.29) is 12.2 Å². The van der Waals surface area contributed by atoms with E-state index in [0.717, 1.165) is 12.1 Å². The molecule has 0 aliphatic heterocycles. The Morgan fingerprint density at radius 2 is 2.00 bits per heavy atom. The predicted octanol–water partition coefficient (Wildman–Crippen LogP) is 4.60. The molecule has 2 rings (SSSR count). The normalized spacial score (nSPS) is 13.1. The number of rotatable bonds is 6. The van der Waals surface area contributed by atoms with Gasteiger partial charge in [0.05, 0.1) is 12.2 Å². The van der Waals surface area contributed by atoms with Gasteiger partial charge in [0.1, 0.15) is 17.7 Å². The van der Waals surface area contributed by atoms with Gasteiger partial charge in [-0.15, -0.1) is 0 Å². The molecule has 154 valence electrons. The highest BCUT2D eigenvalue weighted by Crippen LogP contribution is 2.31. The molecule has 0 spiro atoms. The summed E-state index contributed by atoms with van der Waals surface area (Å²) in [6, 6.07) is 8.46. The first-order chi connectivity index (χ1) is 13.6. The van der Waals surface area contributed by atoms with Crippen LogP contribution in [0.3, 0.4) is 0 Å². The molecule has 1 atom stereocenters. The Hall–Kier alpha value is -3.05. The molecule has 0 N–H and O–H groups in total. The van der Waals surface area contributed by atoms with E-state index in [0.29, 0.717) is 22.6 Å². The maximum Gasteiger partial charge on any atom is 0.416 e. The van der Waals surface area contributed by atoms with Crippen LogP contribution in [0.4, 0.5) is 13.2 Å². The van der Waals surface area contributed by atoms with E-state index in [2.05, 4.69) is 0 Å². The molecule has 5 nitrogen and oxygen atoms in total. The molecular weight excluding hydrogens is 385 g/mol. The Morgan fingerprint density at radius 3 is 2.59 bits per heavy atom. The molecule has 1 aromatic heterocycles. The van der Waals surface area contributed by atoms with Gasteiger partial charge in [-0.3, -0.25) is 0 Å². The minimum absolute atomic E-state index is 0.189. The van der Waals surface area contributed by atoms with Crippen LogP contribution in [0.5, 0.6) is 0 Å². The Labute approximate surface area is 167 Å². The van der Waals surface area contributed by atoms with Crippen molar-refractivity contribution in [1.29, 1.82) is 5.26 Å². The van der Waals surface area contributed by atoms with Crippen molar-refractivity contribution < 1.29 is 27.4 Å². The lowest BCUT2D eigenvalue weighted by Crippen LogP contribution is -2.20. The number of carbonyl (C=O) groups excluding carboxylic acids is 1. The molecule has 0 fully saturated rings. The second-order valence-electron chi connectivity index (χ2n) is 6.55. The molecule has 1 aromatic carbocycles. The average Bonchev–Trinajstić information content (AvgIpc) is 2.92. The van der Waals surface area contributed by atoms with E-state index in [1.807, 2.05) is 6.07 Å². The van der Waals surface area contributed by atoms with Crippen molar-refractivity contribution >= 4 is 12.0 Å². The number of ether oxygens (including phenoxy) is 2. The second-order valence-corrected chi connectivity index (χ2v) is 6.55. The lowest BCUT2D eigenvalue weighted by molar-refractivity contribution is -0.145. The summed E-state index contributed by atoms with van der Waals surface area (Å²) < 4.78 is 50.8. The Kier molecular flexibility index (Phi) is 6.88. The third-order valence-corrected chi connectivity index (χ3v) is 4.25. The lowest BCUT2D eigenvalue weighted by atomic mass is 10.1. The van der Waals surface area contributed by atoms with Crippen LogP contribution in [-0.4, -0.2) is 30.4 Å². The van der Waals surface area contributed by atoms with Crippen LogP contribution in [0.1, 0.15) is 29.4 Å². The molecule has 0 aliphatic carbocycles. The maximum absolute atomic E-state index is 13.0. The van der Waals surface area contributed by atoms with Crippen molar-refractivity contribution in [3.8, 4) is 11.8 Å². The van der Waals surface area contributed by atoms with Crippen LogP contribution < -0.4 is 0 Å². The largest absolute Gasteiger partial charge is 0.456 e. The van der Waals surface area contributed by atoms with Crippen LogP contribution in [0, 0.1) is 25.2 Å². The fourth-order valence-electron chi connectivity index (χ4n) is 2.96. The van der Waals surface area contributed by atoms with Crippen LogP contribution in [0.2, 0.25) is 0 Å². The SMILES string of the molecule is COC[C@H](C)OC(=O)/C(C#N)=C/c1cc(C)n(-c2cccc(C(F)(F)F)c2)c1C. The van der Waals surface area contributed by atoms with Gasteiger partial charge in [0.2, 0.25) is 0 Å². The van der Waals surface area contributed by atoms with Gasteiger partial charge >= 0.3 is 12.1 Å². The van der Waals surface area contributed by atoms with Crippen LogP contribution in [0.25, 0.3) is 11.8 Å². The fraction of sp³-hybridized carbons (Fsp3) is 0.333. The Bertz CT molecular complexity index is 969. The first kappa shape index (κ1) is 22.2. The van der Waals surface area contributed by atoms with Crippen molar-refractivity contribution in [1.82, 2.24) is 4.57 Å². The van der Waals surface area contributed by atoms with Crippen molar-refractivity contribution in [3.05, 3.63) is 58.4 Å². The Morgan fingerprint density at radius 1 is 1.31 bits per heavy atom. The number of esters is 1. The standard InChI is InChI=1S/C21H21F3N2O3/c1-13-8-16(9-17(11-25)20(27)29-14(2)12-28-4)15(3)26(13)19-7-5-6-18(10-19)21(22,23)24/h5-10,14H,12H2,1-4H3/b17-9+/t14-/m0/s1. The van der Waals surface area contributed by atoms with E-state index >= 15 is 0 Å². The van der Waals surface area contributed by atoms with Crippen molar-refractivity contribution in [2.75, 3.05) is 13.7 Å². The molecule has 0 saturated heterocycles.